The molecule has 27 heavy (non-hydrogen) atoms. The first-order valence-corrected chi connectivity index (χ1v) is 9.04. The molecule has 1 aliphatic heterocycles. The average Bonchev–Trinajstić information content (AvgIpc) is 2.66. The van der Waals surface area contributed by atoms with Gasteiger partial charge in [-0.2, -0.15) is 15.8 Å². The molecule has 0 amide bonds. The molecular weight excluding hydrogens is 338 g/mol. The number of hydrogen-bond acceptors (Lipinski definition) is 5. The summed E-state index contributed by atoms with van der Waals surface area (Å²) in [6.45, 7) is 5.67. The van der Waals surface area contributed by atoms with Gasteiger partial charge in [0.1, 0.15) is 11.7 Å². The fourth-order valence-corrected chi connectivity index (χ4v) is 4.49. The molecule has 6 nitrogen and oxygen atoms in total. The maximum atomic E-state index is 9.98. The molecular formula is C21H22N5O+. The van der Waals surface area contributed by atoms with E-state index in [4.69, 9.17) is 5.41 Å². The van der Waals surface area contributed by atoms with E-state index in [2.05, 4.69) is 32.1 Å². The van der Waals surface area contributed by atoms with Crippen LogP contribution in [0, 0.1) is 56.7 Å². The van der Waals surface area contributed by atoms with Gasteiger partial charge in [0.25, 0.3) is 0 Å². The molecule has 3 rings (SSSR count). The molecule has 0 bridgehead atoms. The first-order valence-electron chi connectivity index (χ1n) is 9.04. The lowest BCUT2D eigenvalue weighted by Gasteiger charge is -2.47. The Bertz CT molecular complexity index is 913. The van der Waals surface area contributed by atoms with Crippen LogP contribution >= 0.6 is 0 Å². The van der Waals surface area contributed by atoms with Crippen molar-refractivity contribution in [3.05, 3.63) is 41.5 Å². The van der Waals surface area contributed by atoms with Gasteiger partial charge in [0, 0.05) is 11.8 Å². The number of phenols is 1. The second kappa shape index (κ2) is 6.88. The molecule has 1 aliphatic carbocycles. The van der Waals surface area contributed by atoms with E-state index in [1.807, 2.05) is 6.08 Å². The van der Waals surface area contributed by atoms with Gasteiger partial charge in [-0.3, -0.25) is 0 Å². The summed E-state index contributed by atoms with van der Waals surface area (Å²) in [6.07, 6.45) is 2.01. The van der Waals surface area contributed by atoms with Crippen LogP contribution in [-0.4, -0.2) is 29.9 Å². The molecule has 136 valence electrons. The highest BCUT2D eigenvalue weighted by molar-refractivity contribution is 6.00. The van der Waals surface area contributed by atoms with Gasteiger partial charge in [-0.1, -0.05) is 12.1 Å². The SMILES string of the molecule is CC(C)[NH+]1CC=C2C(C#N)C(=N)C(C#N)(C#N)[C@H](c3cccc(O)c3)[C@H]2C1. The van der Waals surface area contributed by atoms with Crippen molar-refractivity contribution in [3.63, 3.8) is 0 Å². The first-order chi connectivity index (χ1) is 12.9. The number of nitrogens with one attached hydrogen (secondary N) is 2. The lowest BCUT2D eigenvalue weighted by Crippen LogP contribution is -3.16. The molecule has 1 fully saturated rings. The van der Waals surface area contributed by atoms with Crippen molar-refractivity contribution in [2.45, 2.75) is 25.8 Å². The van der Waals surface area contributed by atoms with Crippen LogP contribution in [-0.2, 0) is 0 Å². The summed E-state index contributed by atoms with van der Waals surface area (Å²) in [6, 6.07) is 13.2. The summed E-state index contributed by atoms with van der Waals surface area (Å²) in [4.78, 5) is 1.31. The number of nitriles is 3. The summed E-state index contributed by atoms with van der Waals surface area (Å²) in [7, 11) is 0. The molecule has 0 radical (unpaired) electrons. The predicted octanol–water partition coefficient (Wildman–Crippen LogP) is 1.53. The molecule has 2 aliphatic rings. The van der Waals surface area contributed by atoms with Gasteiger partial charge in [-0.15, -0.1) is 0 Å². The monoisotopic (exact) mass is 360 g/mol. The summed E-state index contributed by atoms with van der Waals surface area (Å²) < 4.78 is 0. The predicted molar refractivity (Wildman–Crippen MR) is 98.7 cm³/mol. The molecule has 3 N–H and O–H groups in total. The molecule has 1 saturated carbocycles. The van der Waals surface area contributed by atoms with Crippen molar-refractivity contribution in [1.82, 2.24) is 0 Å². The van der Waals surface area contributed by atoms with Crippen LogP contribution in [0.2, 0.25) is 0 Å². The van der Waals surface area contributed by atoms with E-state index in [9.17, 15) is 20.9 Å². The quantitative estimate of drug-likeness (QED) is 0.693. The van der Waals surface area contributed by atoms with Crippen molar-refractivity contribution >= 4 is 5.71 Å². The van der Waals surface area contributed by atoms with E-state index in [1.165, 1.54) is 4.90 Å². The van der Waals surface area contributed by atoms with Gasteiger partial charge in [0.05, 0.1) is 43.1 Å². The Morgan fingerprint density at radius 2 is 1.96 bits per heavy atom. The molecule has 0 aromatic heterocycles. The maximum Gasteiger partial charge on any atom is 0.189 e. The Labute approximate surface area is 159 Å². The van der Waals surface area contributed by atoms with Crippen molar-refractivity contribution < 1.29 is 10.0 Å². The Morgan fingerprint density at radius 3 is 2.52 bits per heavy atom. The van der Waals surface area contributed by atoms with Crippen LogP contribution in [0.25, 0.3) is 0 Å². The van der Waals surface area contributed by atoms with Crippen LogP contribution in [0.1, 0.15) is 25.3 Å². The van der Waals surface area contributed by atoms with Crippen LogP contribution in [0.15, 0.2) is 35.9 Å². The zero-order valence-corrected chi connectivity index (χ0v) is 15.4. The number of rotatable bonds is 2. The van der Waals surface area contributed by atoms with Gasteiger partial charge in [-0.05, 0) is 43.2 Å². The topological polar surface area (TPSA) is 120 Å². The van der Waals surface area contributed by atoms with E-state index in [1.54, 1.807) is 24.3 Å². The van der Waals surface area contributed by atoms with Crippen molar-refractivity contribution in [2.75, 3.05) is 13.1 Å². The Kier molecular flexibility index (Phi) is 4.75. The first kappa shape index (κ1) is 18.6. The normalized spacial score (nSPS) is 29.0. The minimum atomic E-state index is -1.73. The smallest absolute Gasteiger partial charge is 0.189 e. The molecule has 0 spiro atoms. The highest BCUT2D eigenvalue weighted by Gasteiger charge is 2.58. The molecule has 1 aromatic carbocycles. The summed E-state index contributed by atoms with van der Waals surface area (Å²) in [5.41, 5.74) is -0.393. The number of phenolic OH excluding ortho intramolecular Hbond substituents is 1. The second-order valence-corrected chi connectivity index (χ2v) is 7.61. The minimum Gasteiger partial charge on any atom is -0.508 e. The fraction of sp³-hybridized carbons (Fsp3) is 0.429. The highest BCUT2D eigenvalue weighted by atomic mass is 16.3. The number of benzene rings is 1. The molecule has 1 heterocycles. The van der Waals surface area contributed by atoms with Crippen molar-refractivity contribution in [3.8, 4) is 24.0 Å². The summed E-state index contributed by atoms with van der Waals surface area (Å²) >= 11 is 0. The van der Waals surface area contributed by atoms with Crippen LogP contribution < -0.4 is 4.90 Å². The molecule has 4 atom stereocenters. The zero-order chi connectivity index (χ0) is 19.8. The van der Waals surface area contributed by atoms with Crippen LogP contribution in [0.4, 0.5) is 0 Å². The summed E-state index contributed by atoms with van der Waals surface area (Å²) in [5, 5.41) is 48.2. The molecule has 0 saturated heterocycles. The molecule has 1 aromatic rings. The van der Waals surface area contributed by atoms with E-state index < -0.39 is 17.3 Å². The van der Waals surface area contributed by atoms with E-state index in [0.717, 1.165) is 12.1 Å². The maximum absolute atomic E-state index is 9.98. The Balaban J connectivity index is 2.25. The molecule has 2 unspecified atom stereocenters. The average molecular weight is 360 g/mol. The minimum absolute atomic E-state index is 0.0561. The Hall–Kier alpha value is -3.14. The largest absolute Gasteiger partial charge is 0.508 e. The van der Waals surface area contributed by atoms with Gasteiger partial charge in [-0.25, -0.2) is 0 Å². The van der Waals surface area contributed by atoms with Crippen molar-refractivity contribution in [2.24, 2.45) is 17.3 Å². The standard InChI is InChI=1S/C21H21N5O/c1-13(2)26-7-6-16-17(9-22)20(25)21(11-23,12-24)19(18(16)10-26)14-4-3-5-15(27)8-14/h3-6,8,13,17-19,25,27H,7,10H2,1-2H3/p+1/t17?,18-,19+/m0/s1. The van der Waals surface area contributed by atoms with Gasteiger partial charge in [0.15, 0.2) is 5.41 Å². The highest BCUT2D eigenvalue weighted by Crippen LogP contribution is 2.52. The fourth-order valence-electron chi connectivity index (χ4n) is 4.49. The molecule has 6 heteroatoms. The van der Waals surface area contributed by atoms with Crippen LogP contribution in [0.3, 0.4) is 0 Å². The van der Waals surface area contributed by atoms with Crippen molar-refractivity contribution in [1.29, 1.82) is 21.2 Å². The number of aromatic hydroxyl groups is 1. The number of nitrogens with zero attached hydrogens (tertiary/aromatic N) is 3. The van der Waals surface area contributed by atoms with Gasteiger partial charge >= 0.3 is 0 Å². The number of fused-ring (bicyclic) bond motifs is 1. The lowest BCUT2D eigenvalue weighted by atomic mass is 9.54. The number of quaternary nitrogens is 1. The lowest BCUT2D eigenvalue weighted by molar-refractivity contribution is -0.920. The summed E-state index contributed by atoms with van der Waals surface area (Å²) in [5.74, 6) is -1.61. The number of hydrogen-bond donors (Lipinski definition) is 3. The zero-order valence-electron chi connectivity index (χ0n) is 15.4. The van der Waals surface area contributed by atoms with Gasteiger partial charge in [0.2, 0.25) is 0 Å². The Morgan fingerprint density at radius 1 is 1.26 bits per heavy atom. The third-order valence-electron chi connectivity index (χ3n) is 5.95. The van der Waals surface area contributed by atoms with Crippen LogP contribution in [0.5, 0.6) is 5.75 Å². The van der Waals surface area contributed by atoms with E-state index >= 15 is 0 Å². The van der Waals surface area contributed by atoms with E-state index in [-0.39, 0.29) is 17.4 Å². The van der Waals surface area contributed by atoms with Gasteiger partial charge < -0.3 is 15.4 Å². The third kappa shape index (κ3) is 2.78. The third-order valence-corrected chi connectivity index (χ3v) is 5.95. The van der Waals surface area contributed by atoms with E-state index in [0.29, 0.717) is 18.2 Å². The second-order valence-electron chi connectivity index (χ2n) is 7.61.